The Hall–Kier alpha value is -2.68. The van der Waals surface area contributed by atoms with Gasteiger partial charge >= 0.3 is 0 Å². The van der Waals surface area contributed by atoms with Gasteiger partial charge in [0, 0.05) is 17.5 Å². The second-order valence-corrected chi connectivity index (χ2v) is 5.01. The van der Waals surface area contributed by atoms with E-state index in [1.165, 1.54) is 0 Å². The van der Waals surface area contributed by atoms with Gasteiger partial charge in [-0.15, -0.1) is 0 Å². The molecule has 21 heavy (non-hydrogen) atoms. The number of rotatable bonds is 3. The lowest BCUT2D eigenvalue weighted by atomic mass is 10.1. The van der Waals surface area contributed by atoms with E-state index in [0.717, 1.165) is 16.8 Å². The summed E-state index contributed by atoms with van der Waals surface area (Å²) in [6.45, 7) is 1.82. The van der Waals surface area contributed by atoms with Gasteiger partial charge in [0.15, 0.2) is 0 Å². The molecule has 3 aromatic rings. The summed E-state index contributed by atoms with van der Waals surface area (Å²) in [5.74, 6) is 0.622. The van der Waals surface area contributed by atoms with Crippen molar-refractivity contribution in [2.24, 2.45) is 0 Å². The third-order valence-electron chi connectivity index (χ3n) is 3.51. The van der Waals surface area contributed by atoms with Crippen LogP contribution >= 0.6 is 0 Å². The average Bonchev–Trinajstić information content (AvgIpc) is 2.53. The first-order chi connectivity index (χ1) is 10.2. The van der Waals surface area contributed by atoms with Crippen LogP contribution in [0, 0.1) is 6.92 Å². The number of nitrogens with one attached hydrogen (secondary N) is 1. The maximum Gasteiger partial charge on any atom is 0.254 e. The first kappa shape index (κ1) is 13.3. The topological polar surface area (TPSA) is 45.8 Å². The Bertz CT molecular complexity index is 792. The number of nitrogens with zero attached hydrogens (tertiary/aromatic N) is 1. The van der Waals surface area contributed by atoms with E-state index in [2.05, 4.69) is 9.97 Å². The number of hydrogen-bond donors (Lipinski definition) is 1. The molecule has 0 fully saturated rings. The van der Waals surface area contributed by atoms with E-state index in [0.29, 0.717) is 17.8 Å². The van der Waals surface area contributed by atoms with Crippen LogP contribution in [0.15, 0.2) is 65.5 Å². The van der Waals surface area contributed by atoms with Crippen molar-refractivity contribution in [3.8, 4) is 11.4 Å². The maximum atomic E-state index is 12.1. The van der Waals surface area contributed by atoms with Crippen LogP contribution in [0.25, 0.3) is 11.4 Å². The molecule has 1 aromatic heterocycles. The molecular weight excluding hydrogens is 260 g/mol. The number of aromatic nitrogens is 2. The van der Waals surface area contributed by atoms with Crippen LogP contribution in [0.4, 0.5) is 0 Å². The van der Waals surface area contributed by atoms with E-state index >= 15 is 0 Å². The highest BCUT2D eigenvalue weighted by atomic mass is 16.1. The molecule has 0 saturated carbocycles. The quantitative estimate of drug-likeness (QED) is 0.797. The minimum Gasteiger partial charge on any atom is -0.306 e. The summed E-state index contributed by atoms with van der Waals surface area (Å²) < 4.78 is 0. The van der Waals surface area contributed by atoms with Crippen LogP contribution in [0.2, 0.25) is 0 Å². The van der Waals surface area contributed by atoms with E-state index in [1.807, 2.05) is 67.6 Å². The zero-order valence-electron chi connectivity index (χ0n) is 11.8. The summed E-state index contributed by atoms with van der Waals surface area (Å²) in [4.78, 5) is 19.6. The Labute approximate surface area is 123 Å². The molecule has 0 spiro atoms. The molecule has 1 heterocycles. The summed E-state index contributed by atoms with van der Waals surface area (Å²) in [7, 11) is 0. The van der Waals surface area contributed by atoms with E-state index < -0.39 is 0 Å². The van der Waals surface area contributed by atoms with Gasteiger partial charge in [0.05, 0.1) is 5.69 Å². The molecule has 0 aliphatic heterocycles. The Balaban J connectivity index is 2.05. The summed E-state index contributed by atoms with van der Waals surface area (Å²) in [5.41, 5.74) is 3.50. The van der Waals surface area contributed by atoms with Crippen molar-refractivity contribution in [1.29, 1.82) is 0 Å². The molecule has 0 unspecified atom stereocenters. The minimum absolute atomic E-state index is 0.0743. The van der Waals surface area contributed by atoms with E-state index in [4.69, 9.17) is 0 Å². The molecule has 104 valence electrons. The maximum absolute atomic E-state index is 12.1. The fourth-order valence-electron chi connectivity index (χ4n) is 2.27. The first-order valence-corrected chi connectivity index (χ1v) is 6.93. The van der Waals surface area contributed by atoms with Gasteiger partial charge in [-0.1, -0.05) is 60.7 Å². The normalized spacial score (nSPS) is 10.5. The number of hydrogen-bond acceptors (Lipinski definition) is 2. The lowest BCUT2D eigenvalue weighted by Gasteiger charge is -2.08. The van der Waals surface area contributed by atoms with E-state index in [1.54, 1.807) is 0 Å². The standard InChI is InChI=1S/C18H16N2O/c1-13-16(12-14-8-4-2-5-9-14)19-17(20-18(13)21)15-10-6-3-7-11-15/h2-11H,12H2,1H3,(H,19,20,21). The molecule has 3 heteroatoms. The first-order valence-electron chi connectivity index (χ1n) is 6.93. The Morgan fingerprint density at radius 1 is 0.952 bits per heavy atom. The van der Waals surface area contributed by atoms with Crippen molar-refractivity contribution in [1.82, 2.24) is 9.97 Å². The SMILES string of the molecule is Cc1c(Cc2ccccc2)nc(-c2ccccc2)[nH]c1=O. The van der Waals surface area contributed by atoms with Crippen LogP contribution in [-0.2, 0) is 6.42 Å². The molecule has 3 nitrogen and oxygen atoms in total. The van der Waals surface area contributed by atoms with Crippen LogP contribution in [-0.4, -0.2) is 9.97 Å². The zero-order chi connectivity index (χ0) is 14.7. The fraction of sp³-hybridized carbons (Fsp3) is 0.111. The van der Waals surface area contributed by atoms with Gasteiger partial charge in [0.2, 0.25) is 0 Å². The van der Waals surface area contributed by atoms with Gasteiger partial charge in [0.1, 0.15) is 5.82 Å². The molecule has 0 bridgehead atoms. The predicted octanol–water partition coefficient (Wildman–Crippen LogP) is 3.34. The second-order valence-electron chi connectivity index (χ2n) is 5.01. The monoisotopic (exact) mass is 276 g/mol. The van der Waals surface area contributed by atoms with Gasteiger partial charge in [-0.05, 0) is 12.5 Å². The summed E-state index contributed by atoms with van der Waals surface area (Å²) >= 11 is 0. The molecule has 0 amide bonds. The molecule has 2 aromatic carbocycles. The highest BCUT2D eigenvalue weighted by molar-refractivity contribution is 5.54. The van der Waals surface area contributed by atoms with Crippen LogP contribution < -0.4 is 5.56 Å². The van der Waals surface area contributed by atoms with Crippen molar-refractivity contribution in [3.63, 3.8) is 0 Å². The van der Waals surface area contributed by atoms with Gasteiger partial charge in [0.25, 0.3) is 5.56 Å². The van der Waals surface area contributed by atoms with Crippen molar-refractivity contribution < 1.29 is 0 Å². The van der Waals surface area contributed by atoms with E-state index in [-0.39, 0.29) is 5.56 Å². The van der Waals surface area contributed by atoms with Gasteiger partial charge in [-0.2, -0.15) is 0 Å². The summed E-state index contributed by atoms with van der Waals surface area (Å²) in [6.07, 6.45) is 0.663. The van der Waals surface area contributed by atoms with Crippen molar-refractivity contribution >= 4 is 0 Å². The van der Waals surface area contributed by atoms with Crippen molar-refractivity contribution in [2.75, 3.05) is 0 Å². The Morgan fingerprint density at radius 3 is 2.24 bits per heavy atom. The largest absolute Gasteiger partial charge is 0.306 e. The van der Waals surface area contributed by atoms with Crippen LogP contribution in [0.5, 0.6) is 0 Å². The smallest absolute Gasteiger partial charge is 0.254 e. The molecule has 0 aliphatic carbocycles. The van der Waals surface area contributed by atoms with Crippen LogP contribution in [0.1, 0.15) is 16.8 Å². The fourth-order valence-corrected chi connectivity index (χ4v) is 2.27. The van der Waals surface area contributed by atoms with Crippen LogP contribution in [0.3, 0.4) is 0 Å². The van der Waals surface area contributed by atoms with Gasteiger partial charge < -0.3 is 4.98 Å². The third kappa shape index (κ3) is 2.92. The Morgan fingerprint density at radius 2 is 1.57 bits per heavy atom. The summed E-state index contributed by atoms with van der Waals surface area (Å²) in [5, 5.41) is 0. The minimum atomic E-state index is -0.0743. The zero-order valence-corrected chi connectivity index (χ0v) is 11.8. The van der Waals surface area contributed by atoms with E-state index in [9.17, 15) is 4.79 Å². The summed E-state index contributed by atoms with van der Waals surface area (Å²) in [6, 6.07) is 19.8. The molecule has 0 saturated heterocycles. The highest BCUT2D eigenvalue weighted by Crippen LogP contribution is 2.15. The molecule has 0 aliphatic rings. The number of H-pyrrole nitrogens is 1. The highest BCUT2D eigenvalue weighted by Gasteiger charge is 2.09. The molecule has 3 rings (SSSR count). The van der Waals surface area contributed by atoms with Gasteiger partial charge in [-0.3, -0.25) is 4.79 Å². The molecule has 1 N–H and O–H groups in total. The number of benzene rings is 2. The predicted molar refractivity (Wildman–Crippen MR) is 84.3 cm³/mol. The second kappa shape index (κ2) is 5.75. The molecule has 0 atom stereocenters. The number of aromatic amines is 1. The third-order valence-corrected chi connectivity index (χ3v) is 3.51. The molecule has 0 radical (unpaired) electrons. The molecular formula is C18H16N2O. The van der Waals surface area contributed by atoms with Gasteiger partial charge in [-0.25, -0.2) is 4.98 Å². The van der Waals surface area contributed by atoms with Crippen molar-refractivity contribution in [2.45, 2.75) is 13.3 Å². The average molecular weight is 276 g/mol. The lowest BCUT2D eigenvalue weighted by Crippen LogP contribution is -2.16. The Kier molecular flexibility index (Phi) is 3.65. The van der Waals surface area contributed by atoms with Crippen molar-refractivity contribution in [3.05, 3.63) is 87.8 Å². The lowest BCUT2D eigenvalue weighted by molar-refractivity contribution is 0.977.